The van der Waals surface area contributed by atoms with Crippen molar-refractivity contribution in [2.24, 2.45) is 17.6 Å². The molecule has 0 saturated heterocycles. The Morgan fingerprint density at radius 2 is 2.10 bits per heavy atom. The lowest BCUT2D eigenvalue weighted by Crippen LogP contribution is -2.32. The van der Waals surface area contributed by atoms with Crippen LogP contribution in [0, 0.1) is 11.8 Å². The molecule has 0 amide bonds. The number of imidazole rings is 1. The zero-order valence-corrected chi connectivity index (χ0v) is 13.3. The Morgan fingerprint density at radius 1 is 1.29 bits per heavy atom. The molecule has 1 heterocycles. The second kappa shape index (κ2) is 6.18. The summed E-state index contributed by atoms with van der Waals surface area (Å²) in [4.78, 5) is 4.82. The topological polar surface area (TPSA) is 43.8 Å². The molecule has 1 aromatic heterocycles. The highest BCUT2D eigenvalue weighted by atomic mass is 15.1. The molecule has 0 spiro atoms. The Labute approximate surface area is 127 Å². The third kappa shape index (κ3) is 2.84. The fourth-order valence-corrected chi connectivity index (χ4v) is 3.88. The molecule has 0 aliphatic heterocycles. The lowest BCUT2D eigenvalue weighted by Gasteiger charge is -2.19. The van der Waals surface area contributed by atoms with Crippen molar-refractivity contribution in [3.8, 4) is 0 Å². The zero-order valence-electron chi connectivity index (χ0n) is 13.3. The molecule has 3 atom stereocenters. The molecule has 3 rings (SSSR count). The average Bonchev–Trinajstić information content (AvgIpc) is 3.11. The van der Waals surface area contributed by atoms with E-state index in [0.29, 0.717) is 5.92 Å². The van der Waals surface area contributed by atoms with Crippen LogP contribution < -0.4 is 5.73 Å². The summed E-state index contributed by atoms with van der Waals surface area (Å²) < 4.78 is 2.32. The highest BCUT2D eigenvalue weighted by Crippen LogP contribution is 2.35. The molecule has 0 bridgehead atoms. The predicted octanol–water partition coefficient (Wildman–Crippen LogP) is 3.75. The number of fused-ring (bicyclic) bond motifs is 1. The maximum Gasteiger partial charge on any atom is 0.111 e. The van der Waals surface area contributed by atoms with Crippen LogP contribution in [0.1, 0.15) is 45.4 Å². The number of para-hydroxylation sites is 2. The van der Waals surface area contributed by atoms with E-state index in [0.717, 1.165) is 30.2 Å². The highest BCUT2D eigenvalue weighted by molar-refractivity contribution is 5.75. The number of nitrogens with two attached hydrogens (primary N) is 1. The van der Waals surface area contributed by atoms with Gasteiger partial charge in [0.1, 0.15) is 5.82 Å². The minimum absolute atomic E-state index is 0.253. The summed E-state index contributed by atoms with van der Waals surface area (Å²) in [6.45, 7) is 5.45. The van der Waals surface area contributed by atoms with Crippen molar-refractivity contribution in [1.82, 2.24) is 9.55 Å². The number of rotatable bonds is 5. The fraction of sp³-hybridized carbons (Fsp3) is 0.611. The molecule has 2 N–H and O–H groups in total. The molecule has 1 aliphatic carbocycles. The number of nitrogens with zero attached hydrogens (tertiary/aromatic N) is 2. The third-order valence-electron chi connectivity index (χ3n) is 5.23. The van der Waals surface area contributed by atoms with Crippen LogP contribution >= 0.6 is 0 Å². The molecule has 3 nitrogen and oxygen atoms in total. The minimum atomic E-state index is 0.253. The van der Waals surface area contributed by atoms with E-state index in [-0.39, 0.29) is 6.04 Å². The van der Waals surface area contributed by atoms with Crippen LogP contribution in [0.15, 0.2) is 24.3 Å². The first-order valence-electron chi connectivity index (χ1n) is 8.42. The summed E-state index contributed by atoms with van der Waals surface area (Å²) in [5, 5.41) is 0. The van der Waals surface area contributed by atoms with E-state index in [1.807, 2.05) is 0 Å². The normalized spacial score (nSPS) is 23.8. The second-order valence-corrected chi connectivity index (χ2v) is 6.48. The maximum absolute atomic E-state index is 6.52. The Hall–Kier alpha value is -1.35. The van der Waals surface area contributed by atoms with Gasteiger partial charge in [0.05, 0.1) is 11.0 Å². The molecule has 0 radical (unpaired) electrons. The summed E-state index contributed by atoms with van der Waals surface area (Å²) in [5.74, 6) is 2.73. The molecule has 3 unspecified atom stereocenters. The van der Waals surface area contributed by atoms with Crippen LogP contribution in [-0.2, 0) is 13.0 Å². The number of hydrogen-bond donors (Lipinski definition) is 1. The van der Waals surface area contributed by atoms with Crippen molar-refractivity contribution in [2.75, 3.05) is 0 Å². The van der Waals surface area contributed by atoms with E-state index in [9.17, 15) is 0 Å². The Morgan fingerprint density at radius 3 is 2.81 bits per heavy atom. The fourth-order valence-electron chi connectivity index (χ4n) is 3.88. The molecule has 1 fully saturated rings. The van der Waals surface area contributed by atoms with Crippen LogP contribution in [-0.4, -0.2) is 15.6 Å². The highest BCUT2D eigenvalue weighted by Gasteiger charge is 2.29. The number of aromatic nitrogens is 2. The molecule has 21 heavy (non-hydrogen) atoms. The first-order chi connectivity index (χ1) is 10.2. The second-order valence-electron chi connectivity index (χ2n) is 6.48. The van der Waals surface area contributed by atoms with Crippen LogP contribution in [0.2, 0.25) is 0 Å². The Balaban J connectivity index is 1.78. The van der Waals surface area contributed by atoms with Gasteiger partial charge in [-0.1, -0.05) is 31.9 Å². The van der Waals surface area contributed by atoms with Crippen molar-refractivity contribution < 1.29 is 0 Å². The quantitative estimate of drug-likeness (QED) is 0.909. The van der Waals surface area contributed by atoms with Crippen LogP contribution in [0.4, 0.5) is 0 Å². The monoisotopic (exact) mass is 285 g/mol. The summed E-state index contributed by atoms with van der Waals surface area (Å²) in [7, 11) is 0. The minimum Gasteiger partial charge on any atom is -0.328 e. The molecule has 3 heteroatoms. The van der Waals surface area contributed by atoms with Gasteiger partial charge in [-0.25, -0.2) is 4.98 Å². The lowest BCUT2D eigenvalue weighted by atomic mass is 9.94. The average molecular weight is 285 g/mol. The van der Waals surface area contributed by atoms with Gasteiger partial charge in [-0.15, -0.1) is 0 Å². The van der Waals surface area contributed by atoms with E-state index in [2.05, 4.69) is 42.7 Å². The van der Waals surface area contributed by atoms with E-state index in [1.54, 1.807) is 0 Å². The van der Waals surface area contributed by atoms with Gasteiger partial charge < -0.3 is 10.3 Å². The Bertz CT molecular complexity index is 602. The summed E-state index contributed by atoms with van der Waals surface area (Å²) in [6, 6.07) is 8.65. The largest absolute Gasteiger partial charge is 0.328 e. The third-order valence-corrected chi connectivity index (χ3v) is 5.23. The van der Waals surface area contributed by atoms with Gasteiger partial charge in [-0.05, 0) is 43.7 Å². The van der Waals surface area contributed by atoms with Crippen LogP contribution in [0.5, 0.6) is 0 Å². The van der Waals surface area contributed by atoms with Gasteiger partial charge >= 0.3 is 0 Å². The molecule has 2 aromatic rings. The molecular weight excluding hydrogens is 258 g/mol. The Kier molecular flexibility index (Phi) is 4.29. The van der Waals surface area contributed by atoms with Gasteiger partial charge in [0.25, 0.3) is 0 Å². The molecule has 1 saturated carbocycles. The van der Waals surface area contributed by atoms with Crippen molar-refractivity contribution in [2.45, 2.75) is 58.5 Å². The first-order valence-corrected chi connectivity index (χ1v) is 8.42. The van der Waals surface area contributed by atoms with Crippen molar-refractivity contribution in [3.05, 3.63) is 30.1 Å². The van der Waals surface area contributed by atoms with Gasteiger partial charge in [-0.2, -0.15) is 0 Å². The SMILES string of the molecule is CCC1CCC(C(N)Cc2nc3ccccc3n2CC)C1. The number of benzene rings is 1. The molecular formula is C18H27N3. The van der Waals surface area contributed by atoms with Crippen LogP contribution in [0.25, 0.3) is 11.0 Å². The summed E-state index contributed by atoms with van der Waals surface area (Å²) in [5.41, 5.74) is 8.85. The van der Waals surface area contributed by atoms with Gasteiger partial charge in [0.15, 0.2) is 0 Å². The number of aryl methyl sites for hydroxylation is 1. The van der Waals surface area contributed by atoms with Gasteiger partial charge in [0, 0.05) is 19.0 Å². The van der Waals surface area contributed by atoms with E-state index in [1.165, 1.54) is 31.2 Å². The van der Waals surface area contributed by atoms with Gasteiger partial charge in [0.2, 0.25) is 0 Å². The standard InChI is InChI=1S/C18H27N3/c1-3-13-9-10-14(11-13)15(19)12-18-20-16-7-5-6-8-17(16)21(18)4-2/h5-8,13-15H,3-4,9-12,19H2,1-2H3. The smallest absolute Gasteiger partial charge is 0.111 e. The predicted molar refractivity (Wildman–Crippen MR) is 88.2 cm³/mol. The molecule has 1 aliphatic rings. The van der Waals surface area contributed by atoms with Gasteiger partial charge in [-0.3, -0.25) is 0 Å². The maximum atomic E-state index is 6.52. The van der Waals surface area contributed by atoms with Crippen molar-refractivity contribution >= 4 is 11.0 Å². The number of hydrogen-bond acceptors (Lipinski definition) is 2. The first kappa shape index (κ1) is 14.6. The van der Waals surface area contributed by atoms with E-state index < -0.39 is 0 Å². The van der Waals surface area contributed by atoms with Crippen molar-refractivity contribution in [1.29, 1.82) is 0 Å². The summed E-state index contributed by atoms with van der Waals surface area (Å²) in [6.07, 6.45) is 6.18. The van der Waals surface area contributed by atoms with E-state index in [4.69, 9.17) is 10.7 Å². The summed E-state index contributed by atoms with van der Waals surface area (Å²) >= 11 is 0. The molecule has 1 aromatic carbocycles. The zero-order chi connectivity index (χ0) is 14.8. The van der Waals surface area contributed by atoms with Crippen LogP contribution in [0.3, 0.4) is 0 Å². The van der Waals surface area contributed by atoms with Crippen molar-refractivity contribution in [3.63, 3.8) is 0 Å². The lowest BCUT2D eigenvalue weighted by molar-refractivity contribution is 0.397. The van der Waals surface area contributed by atoms with E-state index >= 15 is 0 Å². The molecule has 114 valence electrons.